The number of benzene rings is 1. The van der Waals surface area contributed by atoms with Crippen LogP contribution >= 0.6 is 0 Å². The van der Waals surface area contributed by atoms with Crippen molar-refractivity contribution in [1.29, 1.82) is 0 Å². The smallest absolute Gasteiger partial charge is 1.00 e. The van der Waals surface area contributed by atoms with Crippen LogP contribution in [-0.2, 0) is 4.79 Å². The molecule has 1 amide bonds. The third-order valence-electron chi connectivity index (χ3n) is 1.79. The van der Waals surface area contributed by atoms with Crippen LogP contribution < -0.4 is 34.9 Å². The number of carboxylic acids is 1. The Morgan fingerprint density at radius 1 is 1.38 bits per heavy atom. The molecule has 5 heteroatoms. The molecule has 0 saturated heterocycles. The van der Waals surface area contributed by atoms with Gasteiger partial charge in [-0.05, 0) is 19.1 Å². The second-order valence-corrected chi connectivity index (χ2v) is 3.09. The molecule has 1 aromatic rings. The summed E-state index contributed by atoms with van der Waals surface area (Å²) in [4.78, 5) is 22.1. The zero-order chi connectivity index (χ0) is 11.4. The van der Waals surface area contributed by atoms with E-state index in [9.17, 15) is 9.59 Å². The number of rotatable bonds is 3. The van der Waals surface area contributed by atoms with Crippen molar-refractivity contribution in [3.63, 3.8) is 0 Å². The average molecular weight is 229 g/mol. The first-order chi connectivity index (χ1) is 7.02. The third-order valence-corrected chi connectivity index (χ3v) is 1.79. The van der Waals surface area contributed by atoms with Gasteiger partial charge in [0.2, 0.25) is 0 Å². The molecule has 0 aromatic heterocycles. The van der Waals surface area contributed by atoms with Gasteiger partial charge in [0.15, 0.2) is 0 Å². The van der Waals surface area contributed by atoms with Crippen molar-refractivity contribution in [2.75, 3.05) is 5.32 Å². The van der Waals surface area contributed by atoms with Crippen LogP contribution in [0.2, 0.25) is 0 Å². The van der Waals surface area contributed by atoms with Crippen LogP contribution in [0.25, 0.3) is 0 Å². The molecule has 0 unspecified atom stereocenters. The van der Waals surface area contributed by atoms with Crippen LogP contribution in [0.4, 0.5) is 5.69 Å². The van der Waals surface area contributed by atoms with E-state index in [0.29, 0.717) is 5.57 Å². The molecule has 80 valence electrons. The Labute approximate surface area is 117 Å². The summed E-state index contributed by atoms with van der Waals surface area (Å²) in [5.41, 5.74) is 0.667. The first-order valence-corrected chi connectivity index (χ1v) is 4.31. The van der Waals surface area contributed by atoms with E-state index in [0.717, 1.165) is 0 Å². The fourth-order valence-electron chi connectivity index (χ4n) is 1.01. The maximum absolute atomic E-state index is 11.3. The van der Waals surface area contributed by atoms with Crippen molar-refractivity contribution in [3.8, 4) is 0 Å². The third kappa shape index (κ3) is 3.81. The van der Waals surface area contributed by atoms with E-state index in [4.69, 9.17) is 5.11 Å². The summed E-state index contributed by atoms with van der Waals surface area (Å²) in [6.07, 6.45) is 0. The van der Waals surface area contributed by atoms with Crippen LogP contribution in [0.15, 0.2) is 36.4 Å². The second kappa shape index (κ2) is 6.48. The summed E-state index contributed by atoms with van der Waals surface area (Å²) in [6, 6.07) is 6.21. The quantitative estimate of drug-likeness (QED) is 0.517. The van der Waals surface area contributed by atoms with E-state index >= 15 is 0 Å². The largest absolute Gasteiger partial charge is 1.00 e. The topological polar surface area (TPSA) is 66.4 Å². The number of hydrogen-bond acceptors (Lipinski definition) is 2. The standard InChI is InChI=1S/C11H11NO3.Na.H/c1-7(2)10(13)12-9-6-4-3-5-8(9)11(14)15;;/h3-6H,1H2,2H3,(H,12,13)(H,14,15);;/q;+1;-1. The van der Waals surface area contributed by atoms with Crippen LogP contribution in [0.3, 0.4) is 0 Å². The van der Waals surface area contributed by atoms with Crippen LogP contribution in [0, 0.1) is 0 Å². The summed E-state index contributed by atoms with van der Waals surface area (Å²) >= 11 is 0. The van der Waals surface area contributed by atoms with Gasteiger partial charge in [-0.2, -0.15) is 0 Å². The maximum Gasteiger partial charge on any atom is 1.00 e. The van der Waals surface area contributed by atoms with Gasteiger partial charge in [0.05, 0.1) is 11.3 Å². The van der Waals surface area contributed by atoms with Gasteiger partial charge < -0.3 is 11.8 Å². The molecule has 4 nitrogen and oxygen atoms in total. The summed E-state index contributed by atoms with van der Waals surface area (Å²) < 4.78 is 0. The molecular weight excluding hydrogens is 217 g/mol. The Morgan fingerprint density at radius 3 is 2.44 bits per heavy atom. The number of para-hydroxylation sites is 1. The van der Waals surface area contributed by atoms with E-state index < -0.39 is 5.97 Å². The van der Waals surface area contributed by atoms with E-state index in [1.54, 1.807) is 19.1 Å². The Hall–Kier alpha value is -1.10. The number of carboxylic acid groups (broad SMARTS) is 1. The van der Waals surface area contributed by atoms with Crippen molar-refractivity contribution in [2.24, 2.45) is 0 Å². The molecule has 0 aliphatic heterocycles. The number of carbonyl (C=O) groups excluding carboxylic acids is 1. The van der Waals surface area contributed by atoms with Crippen molar-refractivity contribution in [2.45, 2.75) is 6.92 Å². The monoisotopic (exact) mass is 229 g/mol. The summed E-state index contributed by atoms with van der Waals surface area (Å²) in [6.45, 7) is 5.02. The molecule has 0 radical (unpaired) electrons. The predicted molar refractivity (Wildman–Crippen MR) is 58.0 cm³/mol. The normalized spacial score (nSPS) is 8.81. The molecule has 0 aliphatic carbocycles. The Morgan fingerprint density at radius 2 is 1.94 bits per heavy atom. The molecule has 1 aromatic carbocycles. The van der Waals surface area contributed by atoms with E-state index in [1.165, 1.54) is 12.1 Å². The number of nitrogens with one attached hydrogen (secondary N) is 1. The summed E-state index contributed by atoms with van der Waals surface area (Å²) in [5.74, 6) is -1.46. The first kappa shape index (κ1) is 14.9. The fourth-order valence-corrected chi connectivity index (χ4v) is 1.01. The molecular formula is C11H12NNaO3. The van der Waals surface area contributed by atoms with Gasteiger partial charge >= 0.3 is 35.5 Å². The molecule has 0 spiro atoms. The summed E-state index contributed by atoms with van der Waals surface area (Å²) in [7, 11) is 0. The number of aromatic carboxylic acids is 1. The number of hydrogen-bond donors (Lipinski definition) is 2. The Balaban J connectivity index is 0. The van der Waals surface area contributed by atoms with Gasteiger partial charge in [-0.3, -0.25) is 4.79 Å². The molecule has 2 N–H and O–H groups in total. The van der Waals surface area contributed by atoms with Gasteiger partial charge in [-0.25, -0.2) is 4.79 Å². The van der Waals surface area contributed by atoms with Crippen molar-refractivity contribution >= 4 is 17.6 Å². The van der Waals surface area contributed by atoms with Crippen molar-refractivity contribution in [3.05, 3.63) is 42.0 Å². The van der Waals surface area contributed by atoms with E-state index in [2.05, 4.69) is 11.9 Å². The molecule has 0 bridgehead atoms. The molecule has 0 aliphatic rings. The predicted octanol–water partition coefficient (Wildman–Crippen LogP) is -0.984. The SMILES string of the molecule is C=C(C)C(=O)Nc1ccccc1C(=O)O.[H-].[Na+]. The van der Waals surface area contributed by atoms with E-state index in [1.807, 2.05) is 0 Å². The average Bonchev–Trinajstić information content (AvgIpc) is 2.18. The van der Waals surface area contributed by atoms with Gasteiger partial charge in [0.1, 0.15) is 0 Å². The van der Waals surface area contributed by atoms with E-state index in [-0.39, 0.29) is 48.1 Å². The fraction of sp³-hybridized carbons (Fsp3) is 0.0909. The number of amides is 1. The Kier molecular flexibility index (Phi) is 6.03. The number of carbonyl (C=O) groups is 2. The minimum atomic E-state index is -1.08. The van der Waals surface area contributed by atoms with Crippen LogP contribution in [0.1, 0.15) is 18.7 Å². The van der Waals surface area contributed by atoms with Gasteiger partial charge in [-0.1, -0.05) is 18.7 Å². The van der Waals surface area contributed by atoms with Crippen molar-refractivity contribution in [1.82, 2.24) is 0 Å². The zero-order valence-corrected chi connectivity index (χ0v) is 11.3. The molecule has 16 heavy (non-hydrogen) atoms. The number of anilines is 1. The zero-order valence-electron chi connectivity index (χ0n) is 10.3. The maximum atomic E-state index is 11.3. The van der Waals surface area contributed by atoms with Gasteiger partial charge in [-0.15, -0.1) is 0 Å². The Bertz CT molecular complexity index is 434. The molecule has 0 saturated carbocycles. The van der Waals surface area contributed by atoms with Gasteiger partial charge in [0.25, 0.3) is 5.91 Å². The minimum absolute atomic E-state index is 0. The van der Waals surface area contributed by atoms with Crippen molar-refractivity contribution < 1.29 is 45.7 Å². The molecule has 0 atom stereocenters. The summed E-state index contributed by atoms with van der Waals surface area (Å²) in [5, 5.41) is 11.3. The van der Waals surface area contributed by atoms with Gasteiger partial charge in [0, 0.05) is 5.57 Å². The molecule has 0 heterocycles. The minimum Gasteiger partial charge on any atom is -1.00 e. The molecule has 0 fully saturated rings. The second-order valence-electron chi connectivity index (χ2n) is 3.09. The first-order valence-electron chi connectivity index (χ1n) is 4.31. The molecule has 1 rings (SSSR count). The van der Waals surface area contributed by atoms with Crippen LogP contribution in [-0.4, -0.2) is 17.0 Å². The van der Waals surface area contributed by atoms with Crippen LogP contribution in [0.5, 0.6) is 0 Å².